The highest BCUT2D eigenvalue weighted by Crippen LogP contribution is 2.63. The molecule has 0 heterocycles. The smallest absolute Gasteiger partial charge is 0.0363 e. The molecular weight excluding hydrogens is 196 g/mol. The molecule has 1 aliphatic rings. The summed E-state index contributed by atoms with van der Waals surface area (Å²) >= 11 is 0. The van der Waals surface area contributed by atoms with E-state index in [0.29, 0.717) is 5.41 Å². The number of hydrogen-bond acceptors (Lipinski definition) is 2. The summed E-state index contributed by atoms with van der Waals surface area (Å²) in [5, 5.41) is 0. The van der Waals surface area contributed by atoms with Crippen molar-refractivity contribution >= 4 is 5.69 Å². The number of anilines is 1. The minimum atomic E-state index is 0.207. The SMILES string of the molecule is CN(C)c1cccc(C2(CN)CC2(C)C)c1. The van der Waals surface area contributed by atoms with Crippen LogP contribution in [0.2, 0.25) is 0 Å². The Morgan fingerprint density at radius 1 is 1.31 bits per heavy atom. The standard InChI is InChI=1S/C14H22N2/c1-13(2)9-14(13,10-15)11-6-5-7-12(8-11)16(3)4/h5-8H,9-10,15H2,1-4H3. The van der Waals surface area contributed by atoms with Crippen molar-refractivity contribution in [2.45, 2.75) is 25.7 Å². The monoisotopic (exact) mass is 218 g/mol. The van der Waals surface area contributed by atoms with Crippen LogP contribution in [0, 0.1) is 5.41 Å². The van der Waals surface area contributed by atoms with Crippen LogP contribution < -0.4 is 10.6 Å². The summed E-state index contributed by atoms with van der Waals surface area (Å²) in [7, 11) is 4.15. The molecule has 0 bridgehead atoms. The number of nitrogens with zero attached hydrogens (tertiary/aromatic N) is 1. The fraction of sp³-hybridized carbons (Fsp3) is 0.571. The maximum absolute atomic E-state index is 5.99. The quantitative estimate of drug-likeness (QED) is 0.844. The minimum absolute atomic E-state index is 0.207. The largest absolute Gasteiger partial charge is 0.378 e. The normalized spacial score (nSPS) is 26.6. The second-order valence-corrected chi connectivity index (χ2v) is 5.79. The van der Waals surface area contributed by atoms with Crippen molar-refractivity contribution in [2.24, 2.45) is 11.1 Å². The van der Waals surface area contributed by atoms with Crippen LogP contribution in [0.1, 0.15) is 25.8 Å². The van der Waals surface area contributed by atoms with E-state index in [1.165, 1.54) is 17.7 Å². The fourth-order valence-electron chi connectivity index (χ4n) is 2.75. The Balaban J connectivity index is 2.38. The summed E-state index contributed by atoms with van der Waals surface area (Å²) in [6, 6.07) is 8.77. The lowest BCUT2D eigenvalue weighted by Crippen LogP contribution is -2.25. The molecule has 2 heteroatoms. The molecule has 2 N–H and O–H groups in total. The van der Waals surface area contributed by atoms with Gasteiger partial charge in [-0.15, -0.1) is 0 Å². The van der Waals surface area contributed by atoms with Gasteiger partial charge in [-0.25, -0.2) is 0 Å². The van der Waals surface area contributed by atoms with Crippen LogP contribution in [0.4, 0.5) is 5.69 Å². The molecule has 1 unspecified atom stereocenters. The van der Waals surface area contributed by atoms with Gasteiger partial charge in [0.15, 0.2) is 0 Å². The molecule has 16 heavy (non-hydrogen) atoms. The van der Waals surface area contributed by atoms with Gasteiger partial charge in [-0.3, -0.25) is 0 Å². The predicted molar refractivity (Wildman–Crippen MR) is 69.9 cm³/mol. The van der Waals surface area contributed by atoms with Crippen molar-refractivity contribution in [1.82, 2.24) is 0 Å². The summed E-state index contributed by atoms with van der Waals surface area (Å²) in [4.78, 5) is 2.14. The molecular formula is C14H22N2. The highest BCUT2D eigenvalue weighted by Gasteiger charge is 2.60. The first-order chi connectivity index (χ1) is 7.43. The molecule has 0 aromatic heterocycles. The molecule has 0 spiro atoms. The Morgan fingerprint density at radius 2 is 1.94 bits per heavy atom. The van der Waals surface area contributed by atoms with E-state index in [-0.39, 0.29) is 5.41 Å². The molecule has 1 saturated carbocycles. The maximum Gasteiger partial charge on any atom is 0.0363 e. The van der Waals surface area contributed by atoms with E-state index in [1.54, 1.807) is 0 Å². The highest BCUT2D eigenvalue weighted by molar-refractivity contribution is 5.51. The van der Waals surface area contributed by atoms with Crippen LogP contribution in [0.5, 0.6) is 0 Å². The Labute approximate surface area is 98.4 Å². The first-order valence-electron chi connectivity index (χ1n) is 5.91. The molecule has 88 valence electrons. The third-order valence-electron chi connectivity index (χ3n) is 4.18. The van der Waals surface area contributed by atoms with Crippen LogP contribution in [-0.4, -0.2) is 20.6 Å². The van der Waals surface area contributed by atoms with Crippen LogP contribution in [0.3, 0.4) is 0 Å². The molecule has 1 fully saturated rings. The summed E-state index contributed by atoms with van der Waals surface area (Å²) in [6.07, 6.45) is 1.20. The van der Waals surface area contributed by atoms with Gasteiger partial charge in [0.25, 0.3) is 0 Å². The van der Waals surface area contributed by atoms with E-state index in [2.05, 4.69) is 57.1 Å². The summed E-state index contributed by atoms with van der Waals surface area (Å²) in [5.41, 5.74) is 9.20. The van der Waals surface area contributed by atoms with E-state index in [0.717, 1.165) is 6.54 Å². The van der Waals surface area contributed by atoms with Crippen molar-refractivity contribution < 1.29 is 0 Å². The van der Waals surface area contributed by atoms with Crippen molar-refractivity contribution in [3.05, 3.63) is 29.8 Å². The van der Waals surface area contributed by atoms with E-state index >= 15 is 0 Å². The number of hydrogen-bond donors (Lipinski definition) is 1. The predicted octanol–water partition coefficient (Wildman–Crippen LogP) is 2.38. The number of rotatable bonds is 3. The third kappa shape index (κ3) is 1.52. The first-order valence-corrected chi connectivity index (χ1v) is 5.91. The topological polar surface area (TPSA) is 29.3 Å². The van der Waals surface area contributed by atoms with Crippen LogP contribution >= 0.6 is 0 Å². The lowest BCUT2D eigenvalue weighted by molar-refractivity contribution is 0.503. The second-order valence-electron chi connectivity index (χ2n) is 5.79. The highest BCUT2D eigenvalue weighted by atomic mass is 15.1. The van der Waals surface area contributed by atoms with Gasteiger partial charge in [-0.05, 0) is 29.5 Å². The summed E-state index contributed by atoms with van der Waals surface area (Å²) in [6.45, 7) is 5.36. The number of benzene rings is 1. The van der Waals surface area contributed by atoms with Crippen molar-refractivity contribution in [3.63, 3.8) is 0 Å². The Morgan fingerprint density at radius 3 is 2.38 bits per heavy atom. The Bertz CT molecular complexity index is 395. The van der Waals surface area contributed by atoms with Gasteiger partial charge in [0, 0.05) is 31.7 Å². The molecule has 0 aliphatic heterocycles. The zero-order valence-electron chi connectivity index (χ0n) is 10.7. The van der Waals surface area contributed by atoms with E-state index in [9.17, 15) is 0 Å². The van der Waals surface area contributed by atoms with Gasteiger partial charge in [-0.2, -0.15) is 0 Å². The van der Waals surface area contributed by atoms with Crippen LogP contribution in [-0.2, 0) is 5.41 Å². The van der Waals surface area contributed by atoms with Crippen molar-refractivity contribution in [1.29, 1.82) is 0 Å². The van der Waals surface area contributed by atoms with Crippen LogP contribution in [0.15, 0.2) is 24.3 Å². The van der Waals surface area contributed by atoms with Gasteiger partial charge >= 0.3 is 0 Å². The second kappa shape index (κ2) is 3.49. The average molecular weight is 218 g/mol. The van der Waals surface area contributed by atoms with E-state index < -0.39 is 0 Å². The lowest BCUT2D eigenvalue weighted by atomic mass is 9.88. The molecule has 0 radical (unpaired) electrons. The number of nitrogens with two attached hydrogens (primary N) is 1. The third-order valence-corrected chi connectivity index (χ3v) is 4.18. The summed E-state index contributed by atoms with van der Waals surface area (Å²) < 4.78 is 0. The molecule has 1 aliphatic carbocycles. The zero-order valence-corrected chi connectivity index (χ0v) is 10.7. The molecule has 0 saturated heterocycles. The maximum atomic E-state index is 5.99. The van der Waals surface area contributed by atoms with Crippen LogP contribution in [0.25, 0.3) is 0 Å². The molecule has 1 atom stereocenters. The zero-order chi connectivity index (χ0) is 12.0. The lowest BCUT2D eigenvalue weighted by Gasteiger charge is -2.21. The average Bonchev–Trinajstić information content (AvgIpc) is 2.82. The first kappa shape index (κ1) is 11.5. The van der Waals surface area contributed by atoms with E-state index in [4.69, 9.17) is 5.73 Å². The molecule has 2 nitrogen and oxygen atoms in total. The van der Waals surface area contributed by atoms with Gasteiger partial charge < -0.3 is 10.6 Å². The molecule has 1 aromatic rings. The molecule has 2 rings (SSSR count). The minimum Gasteiger partial charge on any atom is -0.378 e. The van der Waals surface area contributed by atoms with Gasteiger partial charge in [-0.1, -0.05) is 26.0 Å². The Kier molecular flexibility index (Phi) is 2.50. The fourth-order valence-corrected chi connectivity index (χ4v) is 2.75. The molecule has 1 aromatic carbocycles. The molecule has 0 amide bonds. The van der Waals surface area contributed by atoms with Crippen molar-refractivity contribution in [3.8, 4) is 0 Å². The van der Waals surface area contributed by atoms with Gasteiger partial charge in [0.1, 0.15) is 0 Å². The van der Waals surface area contributed by atoms with Crippen molar-refractivity contribution in [2.75, 3.05) is 25.5 Å². The van der Waals surface area contributed by atoms with E-state index in [1.807, 2.05) is 0 Å². The summed E-state index contributed by atoms with van der Waals surface area (Å²) in [5.74, 6) is 0. The Hall–Kier alpha value is -1.02. The van der Waals surface area contributed by atoms with Gasteiger partial charge in [0.2, 0.25) is 0 Å². The van der Waals surface area contributed by atoms with Gasteiger partial charge in [0.05, 0.1) is 0 Å².